The molecule has 3 aromatic carbocycles. The highest BCUT2D eigenvalue weighted by molar-refractivity contribution is 5.55. The zero-order chi connectivity index (χ0) is 21.6. The maximum absolute atomic E-state index is 6.03. The Morgan fingerprint density at radius 1 is 0.871 bits per heavy atom. The molecule has 0 fully saturated rings. The van der Waals surface area contributed by atoms with Crippen LogP contribution in [0.25, 0.3) is 0 Å². The predicted octanol–water partition coefficient (Wildman–Crippen LogP) is 4.92. The monoisotopic (exact) mass is 419 g/mol. The molecule has 0 radical (unpaired) electrons. The van der Waals surface area contributed by atoms with Crippen molar-refractivity contribution in [2.24, 2.45) is 0 Å². The summed E-state index contributed by atoms with van der Waals surface area (Å²) in [5, 5.41) is 3.63. The topological polar surface area (TPSA) is 49.0 Å². The lowest BCUT2D eigenvalue weighted by atomic mass is 9.89. The van der Waals surface area contributed by atoms with Gasteiger partial charge in [0.1, 0.15) is 6.61 Å². The first-order chi connectivity index (χ1) is 15.2. The summed E-state index contributed by atoms with van der Waals surface area (Å²) in [5.41, 5.74) is 4.65. The van der Waals surface area contributed by atoms with E-state index in [1.165, 1.54) is 11.1 Å². The zero-order valence-corrected chi connectivity index (χ0v) is 18.3. The second kappa shape index (κ2) is 9.75. The summed E-state index contributed by atoms with van der Waals surface area (Å²) < 4.78 is 23.2. The van der Waals surface area contributed by atoms with Crippen LogP contribution in [0.15, 0.2) is 60.7 Å². The van der Waals surface area contributed by atoms with Crippen molar-refractivity contribution < 1.29 is 18.9 Å². The van der Waals surface area contributed by atoms with Gasteiger partial charge >= 0.3 is 0 Å². The van der Waals surface area contributed by atoms with Crippen molar-refractivity contribution in [1.82, 2.24) is 5.32 Å². The minimum absolute atomic E-state index is 0.0472. The van der Waals surface area contributed by atoms with E-state index in [9.17, 15) is 0 Å². The van der Waals surface area contributed by atoms with Crippen LogP contribution < -0.4 is 24.3 Å². The number of fused-ring (bicyclic) bond motifs is 1. The van der Waals surface area contributed by atoms with E-state index in [0.717, 1.165) is 47.1 Å². The smallest absolute Gasteiger partial charge is 0.164 e. The molecule has 5 heteroatoms. The summed E-state index contributed by atoms with van der Waals surface area (Å²) in [7, 11) is 3.36. The van der Waals surface area contributed by atoms with Gasteiger partial charge in [-0.15, -0.1) is 0 Å². The van der Waals surface area contributed by atoms with Gasteiger partial charge in [0.05, 0.1) is 26.9 Å². The van der Waals surface area contributed by atoms with Crippen LogP contribution in [0.1, 0.15) is 35.2 Å². The number of rotatable bonds is 8. The van der Waals surface area contributed by atoms with Crippen molar-refractivity contribution in [3.8, 4) is 23.0 Å². The molecule has 0 saturated carbocycles. The average Bonchev–Trinajstić information content (AvgIpc) is 2.83. The maximum atomic E-state index is 6.03. The fraction of sp³-hybridized carbons (Fsp3) is 0.308. The molecule has 1 aliphatic heterocycles. The number of hydrogen-bond acceptors (Lipinski definition) is 5. The van der Waals surface area contributed by atoms with Gasteiger partial charge in [0.15, 0.2) is 23.0 Å². The standard InChI is InChI=1S/C26H29NO4/c1-4-30-26-21-14-15-27-25(20(21)11-13-23(26)28-2)19-10-12-22(24(16-19)29-3)31-17-18-8-6-5-7-9-18/h5-13,16,25,27H,4,14-15,17H2,1-3H3. The molecule has 31 heavy (non-hydrogen) atoms. The van der Waals surface area contributed by atoms with Gasteiger partial charge in [-0.2, -0.15) is 0 Å². The minimum atomic E-state index is 0.0472. The Morgan fingerprint density at radius 3 is 2.39 bits per heavy atom. The van der Waals surface area contributed by atoms with E-state index in [4.69, 9.17) is 18.9 Å². The van der Waals surface area contributed by atoms with Crippen molar-refractivity contribution in [3.63, 3.8) is 0 Å². The fourth-order valence-corrected chi connectivity index (χ4v) is 4.08. The molecule has 0 saturated heterocycles. The first-order valence-corrected chi connectivity index (χ1v) is 10.7. The first-order valence-electron chi connectivity index (χ1n) is 10.7. The molecule has 1 unspecified atom stereocenters. The molecule has 3 aromatic rings. The van der Waals surface area contributed by atoms with Crippen LogP contribution in [-0.4, -0.2) is 27.4 Å². The first kappa shape index (κ1) is 21.1. The lowest BCUT2D eigenvalue weighted by Crippen LogP contribution is -2.31. The van der Waals surface area contributed by atoms with Crippen molar-refractivity contribution in [1.29, 1.82) is 0 Å². The number of hydrogen-bond donors (Lipinski definition) is 1. The fourth-order valence-electron chi connectivity index (χ4n) is 4.08. The third-order valence-electron chi connectivity index (χ3n) is 5.56. The molecular formula is C26H29NO4. The van der Waals surface area contributed by atoms with E-state index >= 15 is 0 Å². The molecule has 0 spiro atoms. The molecule has 0 aromatic heterocycles. The van der Waals surface area contributed by atoms with Crippen molar-refractivity contribution in [2.45, 2.75) is 26.0 Å². The Labute approximate surface area is 183 Å². The molecule has 5 nitrogen and oxygen atoms in total. The summed E-state index contributed by atoms with van der Waals surface area (Å²) in [6.45, 7) is 3.96. The summed E-state index contributed by atoms with van der Waals surface area (Å²) >= 11 is 0. The van der Waals surface area contributed by atoms with Crippen LogP contribution in [0, 0.1) is 0 Å². The van der Waals surface area contributed by atoms with Crippen LogP contribution >= 0.6 is 0 Å². The van der Waals surface area contributed by atoms with Crippen molar-refractivity contribution >= 4 is 0 Å². The van der Waals surface area contributed by atoms with Crippen LogP contribution in [0.5, 0.6) is 23.0 Å². The molecule has 1 atom stereocenters. The Hall–Kier alpha value is -3.18. The number of benzene rings is 3. The van der Waals surface area contributed by atoms with Gasteiger partial charge in [0.2, 0.25) is 0 Å². The molecule has 0 bridgehead atoms. The van der Waals surface area contributed by atoms with Gasteiger partial charge in [-0.3, -0.25) is 0 Å². The molecule has 162 valence electrons. The van der Waals surface area contributed by atoms with E-state index in [1.807, 2.05) is 49.4 Å². The average molecular weight is 420 g/mol. The Morgan fingerprint density at radius 2 is 1.65 bits per heavy atom. The molecular weight excluding hydrogens is 390 g/mol. The molecule has 0 aliphatic carbocycles. The lowest BCUT2D eigenvalue weighted by Gasteiger charge is -2.30. The van der Waals surface area contributed by atoms with Crippen LogP contribution in [0.2, 0.25) is 0 Å². The van der Waals surface area contributed by atoms with E-state index in [0.29, 0.717) is 13.2 Å². The third-order valence-corrected chi connectivity index (χ3v) is 5.56. The van der Waals surface area contributed by atoms with Crippen LogP contribution in [0.3, 0.4) is 0 Å². The Kier molecular flexibility index (Phi) is 6.63. The van der Waals surface area contributed by atoms with Gasteiger partial charge < -0.3 is 24.3 Å². The van der Waals surface area contributed by atoms with Gasteiger partial charge in [0.25, 0.3) is 0 Å². The largest absolute Gasteiger partial charge is 0.493 e. The van der Waals surface area contributed by atoms with Gasteiger partial charge in [-0.05, 0) is 48.2 Å². The maximum Gasteiger partial charge on any atom is 0.164 e. The quantitative estimate of drug-likeness (QED) is 0.562. The molecule has 4 rings (SSSR count). The molecule has 0 amide bonds. The normalized spacial score (nSPS) is 15.1. The summed E-state index contributed by atoms with van der Waals surface area (Å²) in [5.74, 6) is 3.09. The molecule has 1 N–H and O–H groups in total. The lowest BCUT2D eigenvalue weighted by molar-refractivity contribution is 0.284. The number of nitrogens with one attached hydrogen (secondary N) is 1. The zero-order valence-electron chi connectivity index (χ0n) is 18.3. The second-order valence-electron chi connectivity index (χ2n) is 7.42. The number of ether oxygens (including phenoxy) is 4. The van der Waals surface area contributed by atoms with E-state index in [-0.39, 0.29) is 6.04 Å². The summed E-state index contributed by atoms with van der Waals surface area (Å²) in [6, 6.07) is 20.4. The molecule has 1 heterocycles. The van der Waals surface area contributed by atoms with Crippen LogP contribution in [0.4, 0.5) is 0 Å². The van der Waals surface area contributed by atoms with E-state index in [2.05, 4.69) is 23.5 Å². The summed E-state index contributed by atoms with van der Waals surface area (Å²) in [4.78, 5) is 0. The second-order valence-corrected chi connectivity index (χ2v) is 7.42. The SMILES string of the molecule is CCOc1c(OC)ccc2c1CCNC2c1ccc(OCc2ccccc2)c(OC)c1. The van der Waals surface area contributed by atoms with Crippen LogP contribution in [-0.2, 0) is 13.0 Å². The van der Waals surface area contributed by atoms with Crippen molar-refractivity contribution in [2.75, 3.05) is 27.4 Å². The highest BCUT2D eigenvalue weighted by Crippen LogP contribution is 2.41. The Bertz CT molecular complexity index is 1020. The third kappa shape index (κ3) is 4.47. The predicted molar refractivity (Wildman–Crippen MR) is 121 cm³/mol. The highest BCUT2D eigenvalue weighted by Gasteiger charge is 2.26. The van der Waals surface area contributed by atoms with Gasteiger partial charge in [-0.25, -0.2) is 0 Å². The minimum Gasteiger partial charge on any atom is -0.493 e. The summed E-state index contributed by atoms with van der Waals surface area (Å²) in [6.07, 6.45) is 0.897. The van der Waals surface area contributed by atoms with E-state index in [1.54, 1.807) is 14.2 Å². The number of methoxy groups -OCH3 is 2. The van der Waals surface area contributed by atoms with Gasteiger partial charge in [0, 0.05) is 12.1 Å². The molecule has 1 aliphatic rings. The Balaban J connectivity index is 1.63. The highest BCUT2D eigenvalue weighted by atomic mass is 16.5. The van der Waals surface area contributed by atoms with E-state index < -0.39 is 0 Å². The van der Waals surface area contributed by atoms with Gasteiger partial charge in [-0.1, -0.05) is 42.5 Å². The van der Waals surface area contributed by atoms with Crippen molar-refractivity contribution in [3.05, 3.63) is 82.9 Å².